The van der Waals surface area contributed by atoms with Crippen LogP contribution in [0.3, 0.4) is 0 Å². The minimum absolute atomic E-state index is 0.358. The van der Waals surface area contributed by atoms with Crippen LogP contribution in [0.4, 0.5) is 0 Å². The van der Waals surface area contributed by atoms with Gasteiger partial charge in [-0.15, -0.1) is 0 Å². The molecule has 0 heterocycles. The quantitative estimate of drug-likeness (QED) is 0.570. The summed E-state index contributed by atoms with van der Waals surface area (Å²) in [7, 11) is 0. The summed E-state index contributed by atoms with van der Waals surface area (Å²) < 4.78 is 0. The maximum atomic E-state index is 9.26. The average Bonchev–Trinajstić information content (AvgIpc) is 2.60. The third kappa shape index (κ3) is 4.27. The number of hydrogen-bond donors (Lipinski definition) is 0. The van der Waals surface area contributed by atoms with Crippen molar-refractivity contribution in [2.75, 3.05) is 0 Å². The molecule has 2 fully saturated rings. The minimum atomic E-state index is 0.358. The Morgan fingerprint density at radius 2 is 1.74 bits per heavy atom. The monoisotopic (exact) mass is 360 g/mol. The van der Waals surface area contributed by atoms with E-state index in [-0.39, 0.29) is 0 Å². The second-order valence-corrected chi connectivity index (χ2v) is 9.66. The van der Waals surface area contributed by atoms with E-state index in [0.29, 0.717) is 22.5 Å². The van der Waals surface area contributed by atoms with Gasteiger partial charge in [-0.2, -0.15) is 10.5 Å². The van der Waals surface area contributed by atoms with Gasteiger partial charge in [-0.05, 0) is 91.7 Å². The zero-order chi connectivity index (χ0) is 19.6. The van der Waals surface area contributed by atoms with Crippen LogP contribution in [0.15, 0.2) is 30.4 Å². The molecule has 2 aliphatic carbocycles. The van der Waals surface area contributed by atoms with Gasteiger partial charge in [-0.3, -0.25) is 0 Å². The molecule has 2 bridgehead atoms. The van der Waals surface area contributed by atoms with Crippen LogP contribution in [0.1, 0.15) is 76.0 Å². The molecule has 3 atom stereocenters. The van der Waals surface area contributed by atoms with Gasteiger partial charge >= 0.3 is 0 Å². The Labute approximate surface area is 164 Å². The fourth-order valence-corrected chi connectivity index (χ4v) is 6.16. The smallest absolute Gasteiger partial charge is 0.101 e. The second-order valence-electron chi connectivity index (χ2n) is 9.66. The third-order valence-corrected chi connectivity index (χ3v) is 6.88. The fraction of sp³-hybridized carbons (Fsp3) is 0.600. The van der Waals surface area contributed by atoms with Crippen LogP contribution in [-0.4, -0.2) is 0 Å². The van der Waals surface area contributed by atoms with Crippen molar-refractivity contribution in [3.8, 4) is 12.1 Å². The van der Waals surface area contributed by atoms with Gasteiger partial charge in [0.2, 0.25) is 0 Å². The molecule has 2 heteroatoms. The van der Waals surface area contributed by atoms with Gasteiger partial charge in [0.05, 0.1) is 11.1 Å². The van der Waals surface area contributed by atoms with Crippen LogP contribution in [0, 0.1) is 51.7 Å². The molecule has 142 valence electrons. The first-order chi connectivity index (χ1) is 12.8. The van der Waals surface area contributed by atoms with Crippen molar-refractivity contribution < 1.29 is 0 Å². The second kappa shape index (κ2) is 7.90. The van der Waals surface area contributed by atoms with Crippen molar-refractivity contribution in [3.63, 3.8) is 0 Å². The Morgan fingerprint density at radius 1 is 1.11 bits per heavy atom. The third-order valence-electron chi connectivity index (χ3n) is 6.88. The van der Waals surface area contributed by atoms with E-state index in [0.717, 1.165) is 36.2 Å². The largest absolute Gasteiger partial charge is 0.192 e. The summed E-state index contributed by atoms with van der Waals surface area (Å²) in [6.45, 7) is 11.7. The summed E-state index contributed by atoms with van der Waals surface area (Å²) >= 11 is 0. The molecular weight excluding hydrogens is 328 g/mol. The first-order valence-corrected chi connectivity index (χ1v) is 10.5. The number of nitrogens with zero attached hydrogens (tertiary/aromatic N) is 2. The summed E-state index contributed by atoms with van der Waals surface area (Å²) in [6, 6.07) is 9.91. The van der Waals surface area contributed by atoms with Crippen LogP contribution >= 0.6 is 0 Å². The van der Waals surface area contributed by atoms with E-state index >= 15 is 0 Å². The Bertz CT molecular complexity index is 772. The molecule has 0 aromatic heterocycles. The van der Waals surface area contributed by atoms with E-state index in [4.69, 9.17) is 5.26 Å². The number of hydrogen-bond acceptors (Lipinski definition) is 2. The van der Waals surface area contributed by atoms with Crippen LogP contribution in [0.5, 0.6) is 0 Å². The van der Waals surface area contributed by atoms with Crippen LogP contribution in [-0.2, 0) is 6.42 Å². The lowest BCUT2D eigenvalue weighted by atomic mass is 9.53. The van der Waals surface area contributed by atoms with Gasteiger partial charge < -0.3 is 0 Å². The van der Waals surface area contributed by atoms with E-state index in [1.807, 2.05) is 12.1 Å². The highest BCUT2D eigenvalue weighted by Crippen LogP contribution is 2.57. The topological polar surface area (TPSA) is 47.6 Å². The summed E-state index contributed by atoms with van der Waals surface area (Å²) in [4.78, 5) is 0. The van der Waals surface area contributed by atoms with Crippen molar-refractivity contribution in [2.45, 2.75) is 65.7 Å². The molecule has 0 saturated heterocycles. The number of benzene rings is 1. The molecule has 1 aromatic carbocycles. The molecule has 2 aliphatic rings. The summed E-state index contributed by atoms with van der Waals surface area (Å²) in [6.07, 6.45) is 8.78. The van der Waals surface area contributed by atoms with Gasteiger partial charge in [0.15, 0.2) is 0 Å². The Kier molecular flexibility index (Phi) is 5.76. The molecule has 3 rings (SSSR count). The zero-order valence-electron chi connectivity index (χ0n) is 17.1. The molecule has 0 radical (unpaired) electrons. The maximum Gasteiger partial charge on any atom is 0.101 e. The highest BCUT2D eigenvalue weighted by atomic mass is 14.5. The summed E-state index contributed by atoms with van der Waals surface area (Å²) in [5, 5.41) is 18.4. The Balaban J connectivity index is 1.69. The Hall–Kier alpha value is -2.06. The Morgan fingerprint density at radius 3 is 2.33 bits per heavy atom. The highest BCUT2D eigenvalue weighted by Gasteiger charge is 2.45. The van der Waals surface area contributed by atoms with Crippen molar-refractivity contribution in [1.82, 2.24) is 0 Å². The van der Waals surface area contributed by atoms with Crippen LogP contribution in [0.25, 0.3) is 0 Å². The summed E-state index contributed by atoms with van der Waals surface area (Å²) in [5.41, 5.74) is 3.93. The van der Waals surface area contributed by atoms with E-state index in [9.17, 15) is 5.26 Å². The van der Waals surface area contributed by atoms with E-state index in [1.165, 1.54) is 37.7 Å². The molecule has 0 N–H and O–H groups in total. The lowest BCUT2D eigenvalue weighted by Crippen LogP contribution is -2.40. The molecule has 3 unspecified atom stereocenters. The lowest BCUT2D eigenvalue weighted by molar-refractivity contribution is 0.0431. The molecule has 2 saturated carbocycles. The van der Waals surface area contributed by atoms with Gasteiger partial charge in [0.1, 0.15) is 12.1 Å². The molecule has 0 aliphatic heterocycles. The standard InChI is InChI=1S/C25H32N2/c1-17(8-21-5-6-23(15-26)24(11-21)16-27)7-20(4)25-12-18(2)9-22(14-25)10-19(3)13-25/h5-6,11,17-19,22H,4,7-10,12-14H2,1-3H3. The predicted octanol–water partition coefficient (Wildman–Crippen LogP) is 6.41. The van der Waals surface area contributed by atoms with Crippen LogP contribution < -0.4 is 0 Å². The highest BCUT2D eigenvalue weighted by molar-refractivity contribution is 5.47. The first-order valence-electron chi connectivity index (χ1n) is 10.5. The number of nitriles is 2. The molecule has 27 heavy (non-hydrogen) atoms. The molecule has 0 spiro atoms. The number of rotatable bonds is 5. The normalized spacial score (nSPS) is 30.8. The average molecular weight is 361 g/mol. The molecule has 2 nitrogen and oxygen atoms in total. The van der Waals surface area contributed by atoms with Crippen molar-refractivity contribution in [2.24, 2.45) is 29.1 Å². The number of allylic oxidation sites excluding steroid dienone is 1. The van der Waals surface area contributed by atoms with Crippen molar-refractivity contribution in [1.29, 1.82) is 10.5 Å². The minimum Gasteiger partial charge on any atom is -0.192 e. The maximum absolute atomic E-state index is 9.26. The van der Waals surface area contributed by atoms with Crippen molar-refractivity contribution >= 4 is 0 Å². The SMILES string of the molecule is C=C(CC(C)Cc1ccc(C#N)c(C#N)c1)C12CC(C)CC(CC(C)C1)C2. The van der Waals surface area contributed by atoms with E-state index < -0.39 is 0 Å². The van der Waals surface area contributed by atoms with Gasteiger partial charge in [-0.25, -0.2) is 0 Å². The zero-order valence-corrected chi connectivity index (χ0v) is 17.1. The molecular formula is C25H32N2. The fourth-order valence-electron chi connectivity index (χ4n) is 6.16. The van der Waals surface area contributed by atoms with Gasteiger partial charge in [0.25, 0.3) is 0 Å². The van der Waals surface area contributed by atoms with E-state index in [1.54, 1.807) is 6.07 Å². The van der Waals surface area contributed by atoms with Crippen molar-refractivity contribution in [3.05, 3.63) is 47.0 Å². The van der Waals surface area contributed by atoms with Gasteiger partial charge in [-0.1, -0.05) is 39.0 Å². The lowest BCUT2D eigenvalue weighted by Gasteiger charge is -2.51. The van der Waals surface area contributed by atoms with Gasteiger partial charge in [0, 0.05) is 0 Å². The number of fused-ring (bicyclic) bond motifs is 2. The molecule has 0 amide bonds. The molecule has 1 aromatic rings. The van der Waals surface area contributed by atoms with Crippen LogP contribution in [0.2, 0.25) is 0 Å². The summed E-state index contributed by atoms with van der Waals surface area (Å²) in [5.74, 6) is 3.03. The predicted molar refractivity (Wildman–Crippen MR) is 110 cm³/mol. The first kappa shape index (κ1) is 19.7. The van der Waals surface area contributed by atoms with E-state index in [2.05, 4.69) is 39.5 Å².